The van der Waals surface area contributed by atoms with Crippen LogP contribution in [-0.4, -0.2) is 49.7 Å². The maximum absolute atomic E-state index is 12.3. The Labute approximate surface area is 129 Å². The average molecular weight is 301 g/mol. The summed E-state index contributed by atoms with van der Waals surface area (Å²) in [5.41, 5.74) is 0. The van der Waals surface area contributed by atoms with Gasteiger partial charge in [0.15, 0.2) is 0 Å². The van der Waals surface area contributed by atoms with Gasteiger partial charge in [0.25, 0.3) is 0 Å². The molecule has 0 saturated carbocycles. The van der Waals surface area contributed by atoms with Crippen LogP contribution in [0.25, 0.3) is 0 Å². The molecule has 0 aliphatic carbocycles. The van der Waals surface area contributed by atoms with Crippen molar-refractivity contribution in [2.45, 2.75) is 53.6 Å². The van der Waals surface area contributed by atoms with Crippen LogP contribution in [0.5, 0.6) is 0 Å². The quantitative estimate of drug-likeness (QED) is 0.459. The number of carbonyl (C=O) groups is 2. The standard InChI is InChI=1S/C16H31NO4/c1-12(2)10-15(18)17(8-7-9-21-13(3)4)11-14(5)16(19)20-6/h12-14H,7-11H2,1-6H3. The molecule has 124 valence electrons. The van der Waals surface area contributed by atoms with Gasteiger partial charge in [0.1, 0.15) is 0 Å². The number of carbonyl (C=O) groups excluding carboxylic acids is 2. The number of hydrogen-bond acceptors (Lipinski definition) is 4. The van der Waals surface area contributed by atoms with E-state index in [9.17, 15) is 9.59 Å². The summed E-state index contributed by atoms with van der Waals surface area (Å²) in [7, 11) is 1.37. The molecule has 0 N–H and O–H groups in total. The number of amides is 1. The van der Waals surface area contributed by atoms with Crippen LogP contribution in [0.4, 0.5) is 0 Å². The van der Waals surface area contributed by atoms with Gasteiger partial charge in [-0.05, 0) is 26.2 Å². The summed E-state index contributed by atoms with van der Waals surface area (Å²) in [4.78, 5) is 25.5. The molecule has 0 aromatic heterocycles. The van der Waals surface area contributed by atoms with Crippen LogP contribution in [0, 0.1) is 11.8 Å². The van der Waals surface area contributed by atoms with E-state index in [1.165, 1.54) is 7.11 Å². The summed E-state index contributed by atoms with van der Waals surface area (Å²) in [6.45, 7) is 11.4. The van der Waals surface area contributed by atoms with Gasteiger partial charge in [-0.2, -0.15) is 0 Å². The lowest BCUT2D eigenvalue weighted by molar-refractivity contribution is -0.146. The Morgan fingerprint density at radius 1 is 1.10 bits per heavy atom. The maximum atomic E-state index is 12.3. The van der Waals surface area contributed by atoms with Gasteiger partial charge in [-0.25, -0.2) is 0 Å². The van der Waals surface area contributed by atoms with Crippen LogP contribution in [-0.2, 0) is 19.1 Å². The highest BCUT2D eigenvalue weighted by Gasteiger charge is 2.21. The molecular weight excluding hydrogens is 270 g/mol. The van der Waals surface area contributed by atoms with Crippen LogP contribution in [0.2, 0.25) is 0 Å². The van der Waals surface area contributed by atoms with Gasteiger partial charge in [-0.3, -0.25) is 9.59 Å². The minimum Gasteiger partial charge on any atom is -0.469 e. The van der Waals surface area contributed by atoms with E-state index in [0.29, 0.717) is 32.0 Å². The van der Waals surface area contributed by atoms with Crippen molar-refractivity contribution in [3.8, 4) is 0 Å². The molecule has 1 unspecified atom stereocenters. The molecule has 0 aliphatic heterocycles. The van der Waals surface area contributed by atoms with Crippen molar-refractivity contribution in [3.05, 3.63) is 0 Å². The lowest BCUT2D eigenvalue weighted by Gasteiger charge is -2.26. The van der Waals surface area contributed by atoms with Crippen molar-refractivity contribution in [2.75, 3.05) is 26.8 Å². The number of methoxy groups -OCH3 is 1. The van der Waals surface area contributed by atoms with Crippen molar-refractivity contribution < 1.29 is 19.1 Å². The maximum Gasteiger partial charge on any atom is 0.310 e. The molecule has 0 bridgehead atoms. The third kappa shape index (κ3) is 9.45. The van der Waals surface area contributed by atoms with Crippen LogP contribution >= 0.6 is 0 Å². The Morgan fingerprint density at radius 2 is 1.71 bits per heavy atom. The molecule has 1 atom stereocenters. The Morgan fingerprint density at radius 3 is 2.19 bits per heavy atom. The van der Waals surface area contributed by atoms with Gasteiger partial charge in [-0.15, -0.1) is 0 Å². The number of ether oxygens (including phenoxy) is 2. The zero-order valence-corrected chi connectivity index (χ0v) is 14.3. The fraction of sp³-hybridized carbons (Fsp3) is 0.875. The van der Waals surface area contributed by atoms with E-state index in [1.807, 2.05) is 27.7 Å². The predicted molar refractivity (Wildman–Crippen MR) is 82.9 cm³/mol. The molecule has 0 aromatic rings. The molecule has 0 aliphatic rings. The van der Waals surface area contributed by atoms with Gasteiger partial charge >= 0.3 is 5.97 Å². The van der Waals surface area contributed by atoms with Crippen LogP contribution in [0.15, 0.2) is 0 Å². The zero-order chi connectivity index (χ0) is 16.4. The second-order valence-electron chi connectivity index (χ2n) is 6.14. The summed E-state index contributed by atoms with van der Waals surface area (Å²) in [6, 6.07) is 0. The molecule has 0 rings (SSSR count). The molecule has 0 spiro atoms. The normalized spacial score (nSPS) is 12.6. The number of esters is 1. The minimum atomic E-state index is -0.308. The second kappa shape index (κ2) is 10.6. The van der Waals surface area contributed by atoms with Crippen molar-refractivity contribution in [3.63, 3.8) is 0 Å². The topological polar surface area (TPSA) is 55.8 Å². The molecule has 5 heteroatoms. The highest BCUT2D eigenvalue weighted by molar-refractivity contribution is 5.78. The minimum absolute atomic E-state index is 0.0882. The fourth-order valence-electron chi connectivity index (χ4n) is 1.98. The summed E-state index contributed by atoms with van der Waals surface area (Å²) >= 11 is 0. The third-order valence-corrected chi connectivity index (χ3v) is 3.06. The van der Waals surface area contributed by atoms with E-state index in [0.717, 1.165) is 6.42 Å². The van der Waals surface area contributed by atoms with Gasteiger partial charge in [-0.1, -0.05) is 20.8 Å². The Hall–Kier alpha value is -1.10. The van der Waals surface area contributed by atoms with Gasteiger partial charge in [0, 0.05) is 26.1 Å². The highest BCUT2D eigenvalue weighted by atomic mass is 16.5. The van der Waals surface area contributed by atoms with E-state index in [2.05, 4.69) is 0 Å². The first kappa shape index (κ1) is 19.9. The molecule has 21 heavy (non-hydrogen) atoms. The van der Waals surface area contributed by atoms with E-state index >= 15 is 0 Å². The lowest BCUT2D eigenvalue weighted by Crippen LogP contribution is -2.38. The van der Waals surface area contributed by atoms with Gasteiger partial charge < -0.3 is 14.4 Å². The van der Waals surface area contributed by atoms with E-state index in [-0.39, 0.29) is 23.9 Å². The SMILES string of the molecule is COC(=O)C(C)CN(CCCOC(C)C)C(=O)CC(C)C. The first-order chi connectivity index (χ1) is 9.77. The Bertz CT molecular complexity index is 315. The fourth-order valence-corrected chi connectivity index (χ4v) is 1.98. The molecule has 0 aromatic carbocycles. The Kier molecular flexibility index (Phi) is 10.0. The molecule has 0 saturated heterocycles. The van der Waals surface area contributed by atoms with Crippen molar-refractivity contribution in [1.29, 1.82) is 0 Å². The van der Waals surface area contributed by atoms with Crippen molar-refractivity contribution >= 4 is 11.9 Å². The molecule has 0 heterocycles. The number of nitrogens with zero attached hydrogens (tertiary/aromatic N) is 1. The number of rotatable bonds is 10. The predicted octanol–water partition coefficient (Wildman–Crippen LogP) is 2.49. The summed E-state index contributed by atoms with van der Waals surface area (Å²) < 4.78 is 10.2. The Balaban J connectivity index is 4.46. The molecule has 5 nitrogen and oxygen atoms in total. The van der Waals surface area contributed by atoms with E-state index < -0.39 is 0 Å². The lowest BCUT2D eigenvalue weighted by atomic mass is 10.1. The highest BCUT2D eigenvalue weighted by Crippen LogP contribution is 2.09. The molecule has 0 radical (unpaired) electrons. The summed E-state index contributed by atoms with van der Waals surface area (Å²) in [5.74, 6) is -0.196. The van der Waals surface area contributed by atoms with Gasteiger partial charge in [0.05, 0.1) is 19.1 Å². The first-order valence-corrected chi connectivity index (χ1v) is 7.75. The third-order valence-electron chi connectivity index (χ3n) is 3.06. The smallest absolute Gasteiger partial charge is 0.310 e. The van der Waals surface area contributed by atoms with Crippen LogP contribution in [0.1, 0.15) is 47.5 Å². The average Bonchev–Trinajstić information content (AvgIpc) is 2.39. The molecule has 0 fully saturated rings. The van der Waals surface area contributed by atoms with E-state index in [4.69, 9.17) is 9.47 Å². The van der Waals surface area contributed by atoms with Crippen LogP contribution in [0.3, 0.4) is 0 Å². The van der Waals surface area contributed by atoms with Crippen LogP contribution < -0.4 is 0 Å². The first-order valence-electron chi connectivity index (χ1n) is 7.75. The van der Waals surface area contributed by atoms with E-state index in [1.54, 1.807) is 11.8 Å². The van der Waals surface area contributed by atoms with Crippen molar-refractivity contribution in [2.24, 2.45) is 11.8 Å². The number of hydrogen-bond donors (Lipinski definition) is 0. The zero-order valence-electron chi connectivity index (χ0n) is 14.3. The van der Waals surface area contributed by atoms with Crippen molar-refractivity contribution in [1.82, 2.24) is 4.90 Å². The molecular formula is C16H31NO4. The summed E-state index contributed by atoms with van der Waals surface area (Å²) in [5, 5.41) is 0. The largest absolute Gasteiger partial charge is 0.469 e. The monoisotopic (exact) mass is 301 g/mol. The summed E-state index contributed by atoms with van der Waals surface area (Å²) in [6.07, 6.45) is 1.47. The van der Waals surface area contributed by atoms with Gasteiger partial charge in [0.2, 0.25) is 5.91 Å². The molecule has 1 amide bonds. The second-order valence-corrected chi connectivity index (χ2v) is 6.14.